The minimum Gasteiger partial charge on any atom is -0.455 e. The molecule has 0 aliphatic carbocycles. The van der Waals surface area contributed by atoms with E-state index in [1.807, 2.05) is 60.9 Å². The highest BCUT2D eigenvalue weighted by Gasteiger charge is 2.19. The van der Waals surface area contributed by atoms with Crippen molar-refractivity contribution in [2.45, 2.75) is 30.8 Å². The van der Waals surface area contributed by atoms with E-state index in [1.54, 1.807) is 18.8 Å². The molecular formula is C22H26N2O4S. The third kappa shape index (κ3) is 7.62. The number of carbonyl (C=O) groups excluding carboxylic acids is 3. The normalized spacial score (nSPS) is 11.4. The second-order valence-electron chi connectivity index (χ2n) is 6.63. The summed E-state index contributed by atoms with van der Waals surface area (Å²) >= 11 is 1.66. The Morgan fingerprint density at radius 1 is 1.07 bits per heavy atom. The number of carbonyl (C=O) groups is 3. The van der Waals surface area contributed by atoms with E-state index in [0.717, 1.165) is 16.0 Å². The van der Waals surface area contributed by atoms with Gasteiger partial charge in [-0.05, 0) is 29.5 Å². The van der Waals surface area contributed by atoms with Crippen molar-refractivity contribution in [2.24, 2.45) is 0 Å². The van der Waals surface area contributed by atoms with Crippen molar-refractivity contribution >= 4 is 29.5 Å². The Hall–Kier alpha value is -2.80. The third-order valence-electron chi connectivity index (χ3n) is 4.31. The molecule has 1 N–H and O–H groups in total. The summed E-state index contributed by atoms with van der Waals surface area (Å²) < 4.78 is 5.15. The smallest absolute Gasteiger partial charge is 0.308 e. The van der Waals surface area contributed by atoms with E-state index in [1.165, 1.54) is 11.8 Å². The number of thioether (sulfide) groups is 1. The molecule has 2 aromatic carbocycles. The Bertz CT molecular complexity index is 824. The van der Waals surface area contributed by atoms with Gasteiger partial charge in [0.2, 0.25) is 5.91 Å². The van der Waals surface area contributed by atoms with Crippen LogP contribution in [0.4, 0.5) is 0 Å². The molecule has 0 aliphatic heterocycles. The monoisotopic (exact) mass is 414 g/mol. The number of nitrogens with zero attached hydrogens (tertiary/aromatic N) is 1. The molecule has 0 aromatic heterocycles. The maximum absolute atomic E-state index is 12.3. The highest BCUT2D eigenvalue weighted by atomic mass is 32.2. The molecule has 7 heteroatoms. The number of hydrogen-bond acceptors (Lipinski definition) is 5. The predicted molar refractivity (Wildman–Crippen MR) is 113 cm³/mol. The van der Waals surface area contributed by atoms with Crippen LogP contribution < -0.4 is 5.32 Å². The first-order valence-corrected chi connectivity index (χ1v) is 10.5. The van der Waals surface area contributed by atoms with Crippen molar-refractivity contribution in [3.63, 3.8) is 0 Å². The summed E-state index contributed by atoms with van der Waals surface area (Å²) in [5.74, 6) is -1.07. The molecule has 0 saturated carbocycles. The molecule has 2 rings (SSSR count). The first kappa shape index (κ1) is 22.5. The van der Waals surface area contributed by atoms with Gasteiger partial charge in [0, 0.05) is 25.4 Å². The first-order valence-electron chi connectivity index (χ1n) is 9.23. The second-order valence-corrected chi connectivity index (χ2v) is 7.51. The van der Waals surface area contributed by atoms with E-state index >= 15 is 0 Å². The van der Waals surface area contributed by atoms with Crippen LogP contribution in [0.5, 0.6) is 0 Å². The zero-order valence-corrected chi connectivity index (χ0v) is 17.7. The van der Waals surface area contributed by atoms with E-state index in [-0.39, 0.29) is 24.8 Å². The lowest BCUT2D eigenvalue weighted by molar-refractivity contribution is -0.152. The Labute approximate surface area is 175 Å². The van der Waals surface area contributed by atoms with Crippen LogP contribution in [0.2, 0.25) is 0 Å². The maximum atomic E-state index is 12.3. The van der Waals surface area contributed by atoms with E-state index in [4.69, 9.17) is 4.74 Å². The largest absolute Gasteiger partial charge is 0.455 e. The van der Waals surface area contributed by atoms with Gasteiger partial charge in [-0.3, -0.25) is 14.4 Å². The molecule has 2 aromatic rings. The summed E-state index contributed by atoms with van der Waals surface area (Å²) in [6.07, 6.45) is 1.96. The van der Waals surface area contributed by atoms with Crippen molar-refractivity contribution in [1.29, 1.82) is 0 Å². The molecule has 0 fully saturated rings. The molecule has 0 radical (unpaired) electrons. The van der Waals surface area contributed by atoms with Gasteiger partial charge in [0.15, 0.2) is 6.61 Å². The molecule has 1 atom stereocenters. The molecule has 0 heterocycles. The van der Waals surface area contributed by atoms with Gasteiger partial charge in [0.25, 0.3) is 5.91 Å². The SMILES string of the molecule is CSc1ccc(CN(C)C(=O)COC(=O)C[C@H](NC(C)=O)c2ccccc2)cc1. The summed E-state index contributed by atoms with van der Waals surface area (Å²) in [5, 5.41) is 2.74. The maximum Gasteiger partial charge on any atom is 0.308 e. The predicted octanol–water partition coefficient (Wildman–Crippen LogP) is 3.18. The Balaban J connectivity index is 1.85. The Kier molecular flexibility index (Phi) is 8.73. The van der Waals surface area contributed by atoms with Crippen LogP contribution in [0.3, 0.4) is 0 Å². The summed E-state index contributed by atoms with van der Waals surface area (Å²) in [6, 6.07) is 16.6. The fraction of sp³-hybridized carbons (Fsp3) is 0.318. The van der Waals surface area contributed by atoms with Gasteiger partial charge in [-0.2, -0.15) is 0 Å². The van der Waals surface area contributed by atoms with Crippen LogP contribution in [0.25, 0.3) is 0 Å². The Morgan fingerprint density at radius 2 is 1.72 bits per heavy atom. The van der Waals surface area contributed by atoms with Crippen LogP contribution in [0.1, 0.15) is 30.5 Å². The quantitative estimate of drug-likeness (QED) is 0.504. The highest BCUT2D eigenvalue weighted by Crippen LogP contribution is 2.18. The third-order valence-corrected chi connectivity index (χ3v) is 5.05. The second kappa shape index (κ2) is 11.3. The molecular weight excluding hydrogens is 388 g/mol. The number of amides is 2. The fourth-order valence-electron chi connectivity index (χ4n) is 2.75. The average Bonchev–Trinajstić information content (AvgIpc) is 2.72. The number of hydrogen-bond donors (Lipinski definition) is 1. The molecule has 0 saturated heterocycles. The van der Waals surface area contributed by atoms with Crippen molar-refractivity contribution < 1.29 is 19.1 Å². The molecule has 154 valence electrons. The summed E-state index contributed by atoms with van der Waals surface area (Å²) in [7, 11) is 1.67. The van der Waals surface area contributed by atoms with Gasteiger partial charge in [-0.15, -0.1) is 11.8 Å². The first-order chi connectivity index (χ1) is 13.9. The topological polar surface area (TPSA) is 75.7 Å². The molecule has 0 bridgehead atoms. The van der Waals surface area contributed by atoms with Gasteiger partial charge in [0.1, 0.15) is 0 Å². The van der Waals surface area contributed by atoms with E-state index in [0.29, 0.717) is 6.54 Å². The number of benzene rings is 2. The molecule has 6 nitrogen and oxygen atoms in total. The van der Waals surface area contributed by atoms with Gasteiger partial charge < -0.3 is 15.0 Å². The zero-order chi connectivity index (χ0) is 21.2. The lowest BCUT2D eigenvalue weighted by Crippen LogP contribution is -2.32. The van der Waals surface area contributed by atoms with Crippen molar-refractivity contribution in [1.82, 2.24) is 10.2 Å². The molecule has 0 spiro atoms. The average molecular weight is 415 g/mol. The lowest BCUT2D eigenvalue weighted by Gasteiger charge is -2.19. The number of likely N-dealkylation sites (N-methyl/N-ethyl adjacent to an activating group) is 1. The standard InChI is InChI=1S/C22H26N2O4S/c1-16(25)23-20(18-7-5-4-6-8-18)13-22(27)28-15-21(26)24(2)14-17-9-11-19(29-3)12-10-17/h4-12,20H,13-15H2,1-3H3,(H,23,25)/t20-/m0/s1. The minimum absolute atomic E-state index is 0.0449. The summed E-state index contributed by atoms with van der Waals surface area (Å²) in [6.45, 7) is 1.49. The summed E-state index contributed by atoms with van der Waals surface area (Å²) in [4.78, 5) is 38.6. The van der Waals surface area contributed by atoms with Crippen molar-refractivity contribution in [3.05, 3.63) is 65.7 Å². The minimum atomic E-state index is -0.543. The van der Waals surface area contributed by atoms with Crippen LogP contribution in [0.15, 0.2) is 59.5 Å². The van der Waals surface area contributed by atoms with E-state index < -0.39 is 12.0 Å². The van der Waals surface area contributed by atoms with Gasteiger partial charge >= 0.3 is 5.97 Å². The van der Waals surface area contributed by atoms with E-state index in [2.05, 4.69) is 5.32 Å². The van der Waals surface area contributed by atoms with Crippen LogP contribution in [-0.2, 0) is 25.7 Å². The zero-order valence-electron chi connectivity index (χ0n) is 16.9. The molecule has 29 heavy (non-hydrogen) atoms. The van der Waals surface area contributed by atoms with Crippen LogP contribution in [-0.4, -0.2) is 42.6 Å². The highest BCUT2D eigenvalue weighted by molar-refractivity contribution is 7.98. The van der Waals surface area contributed by atoms with Crippen molar-refractivity contribution in [2.75, 3.05) is 19.9 Å². The molecule has 0 aliphatic rings. The molecule has 2 amide bonds. The molecule has 0 unspecified atom stereocenters. The van der Waals surface area contributed by atoms with Crippen LogP contribution >= 0.6 is 11.8 Å². The number of nitrogens with one attached hydrogen (secondary N) is 1. The van der Waals surface area contributed by atoms with Gasteiger partial charge in [-0.1, -0.05) is 42.5 Å². The lowest BCUT2D eigenvalue weighted by atomic mass is 10.0. The Morgan fingerprint density at radius 3 is 2.31 bits per heavy atom. The van der Waals surface area contributed by atoms with Crippen LogP contribution in [0, 0.1) is 0 Å². The summed E-state index contributed by atoms with van der Waals surface area (Å²) in [5.41, 5.74) is 1.80. The number of rotatable bonds is 9. The van der Waals surface area contributed by atoms with Gasteiger partial charge in [-0.25, -0.2) is 0 Å². The number of ether oxygens (including phenoxy) is 1. The number of esters is 1. The van der Waals surface area contributed by atoms with Gasteiger partial charge in [0.05, 0.1) is 12.5 Å². The van der Waals surface area contributed by atoms with Crippen molar-refractivity contribution in [3.8, 4) is 0 Å². The fourth-order valence-corrected chi connectivity index (χ4v) is 3.16. The van der Waals surface area contributed by atoms with E-state index in [9.17, 15) is 14.4 Å².